The van der Waals surface area contributed by atoms with Crippen LogP contribution in [0.1, 0.15) is 24.6 Å². The molecule has 3 rings (SSSR count). The van der Waals surface area contributed by atoms with Crippen LogP contribution in [0.25, 0.3) is 0 Å². The van der Waals surface area contributed by atoms with Crippen LogP contribution < -0.4 is 4.90 Å². The van der Waals surface area contributed by atoms with Crippen molar-refractivity contribution in [2.45, 2.75) is 25.8 Å². The van der Waals surface area contributed by atoms with Crippen LogP contribution in [0.5, 0.6) is 0 Å². The van der Waals surface area contributed by atoms with Crippen molar-refractivity contribution < 1.29 is 4.90 Å². The van der Waals surface area contributed by atoms with Crippen LogP contribution in [-0.4, -0.2) is 24.8 Å². The average molecular weight is 350 g/mol. The van der Waals surface area contributed by atoms with E-state index in [1.807, 2.05) is 17.5 Å². The summed E-state index contributed by atoms with van der Waals surface area (Å²) in [5.74, 6) is -1.23. The van der Waals surface area contributed by atoms with Crippen molar-refractivity contribution in [3.63, 3.8) is 0 Å². The van der Waals surface area contributed by atoms with Crippen molar-refractivity contribution in [2.75, 3.05) is 13.1 Å². The molecule has 2 heterocycles. The Kier molecular flexibility index (Phi) is 4.48. The third-order valence-electron chi connectivity index (χ3n) is 5.57. The Labute approximate surface area is 151 Å². The summed E-state index contributed by atoms with van der Waals surface area (Å²) < 4.78 is 0. The predicted octanol–water partition coefficient (Wildman–Crippen LogP) is 1.89. The maximum Gasteiger partial charge on any atom is 0.190 e. The van der Waals surface area contributed by atoms with E-state index in [1.165, 1.54) is 16.2 Å². The summed E-state index contributed by atoms with van der Waals surface area (Å²) in [5.41, 5.74) is -0.711. The van der Waals surface area contributed by atoms with Crippen molar-refractivity contribution in [3.8, 4) is 18.2 Å². The molecular formula is C19H20N5S+. The van der Waals surface area contributed by atoms with Crippen LogP contribution in [0.2, 0.25) is 0 Å². The van der Waals surface area contributed by atoms with E-state index >= 15 is 0 Å². The highest BCUT2D eigenvalue weighted by Crippen LogP contribution is 2.53. The second kappa shape index (κ2) is 6.45. The normalized spacial score (nSPS) is 30.6. The molecule has 4 atom stereocenters. The molecule has 0 spiro atoms. The predicted molar refractivity (Wildman–Crippen MR) is 95.0 cm³/mol. The van der Waals surface area contributed by atoms with E-state index in [2.05, 4.69) is 38.1 Å². The van der Waals surface area contributed by atoms with E-state index in [4.69, 9.17) is 5.41 Å². The van der Waals surface area contributed by atoms with Crippen LogP contribution in [-0.2, 0) is 0 Å². The maximum absolute atomic E-state index is 9.92. The second-order valence-corrected chi connectivity index (χ2v) is 8.01. The average Bonchev–Trinajstić information content (AvgIpc) is 3.14. The maximum atomic E-state index is 9.92. The number of fused-ring (bicyclic) bond motifs is 1. The molecule has 126 valence electrons. The lowest BCUT2D eigenvalue weighted by Gasteiger charge is -2.46. The van der Waals surface area contributed by atoms with Gasteiger partial charge in [-0.15, -0.1) is 11.3 Å². The molecule has 2 N–H and O–H groups in total. The first-order valence-corrected chi connectivity index (χ1v) is 9.27. The Morgan fingerprint density at radius 1 is 1.32 bits per heavy atom. The molecule has 1 aliphatic heterocycles. The van der Waals surface area contributed by atoms with E-state index in [0.29, 0.717) is 6.04 Å². The van der Waals surface area contributed by atoms with Gasteiger partial charge < -0.3 is 10.3 Å². The van der Waals surface area contributed by atoms with Gasteiger partial charge in [-0.3, -0.25) is 0 Å². The van der Waals surface area contributed by atoms with Crippen LogP contribution in [0, 0.1) is 56.7 Å². The Hall–Kier alpha value is -2.46. The third kappa shape index (κ3) is 2.48. The molecule has 1 fully saturated rings. The lowest BCUT2D eigenvalue weighted by atomic mass is 9.55. The summed E-state index contributed by atoms with van der Waals surface area (Å²) in [6.07, 6.45) is 2.07. The molecular weight excluding hydrogens is 330 g/mol. The number of nitrogens with one attached hydrogen (secondary N) is 2. The molecule has 0 aromatic carbocycles. The second-order valence-electron chi connectivity index (χ2n) is 7.03. The minimum atomic E-state index is -1.58. The highest BCUT2D eigenvalue weighted by atomic mass is 32.1. The first-order chi connectivity index (χ1) is 12.0. The third-order valence-corrected chi connectivity index (χ3v) is 6.53. The van der Waals surface area contributed by atoms with Gasteiger partial charge in [-0.25, -0.2) is 0 Å². The summed E-state index contributed by atoms with van der Waals surface area (Å²) in [5, 5.41) is 40.0. The van der Waals surface area contributed by atoms with Gasteiger partial charge in [0.15, 0.2) is 5.41 Å². The monoisotopic (exact) mass is 350 g/mol. The number of rotatable bonds is 2. The first-order valence-electron chi connectivity index (χ1n) is 8.39. The Bertz CT molecular complexity index is 817. The van der Waals surface area contributed by atoms with Gasteiger partial charge in [0.1, 0.15) is 5.92 Å². The smallest absolute Gasteiger partial charge is 0.190 e. The lowest BCUT2D eigenvalue weighted by Crippen LogP contribution is -3.16. The number of quaternary nitrogens is 1. The quantitative estimate of drug-likeness (QED) is 0.797. The zero-order chi connectivity index (χ0) is 18.2. The molecule has 1 aromatic rings. The Morgan fingerprint density at radius 2 is 2.04 bits per heavy atom. The van der Waals surface area contributed by atoms with Gasteiger partial charge in [0.25, 0.3) is 0 Å². The van der Waals surface area contributed by atoms with Gasteiger partial charge in [0.2, 0.25) is 0 Å². The molecule has 25 heavy (non-hydrogen) atoms. The molecule has 1 aromatic heterocycles. The molecule has 0 radical (unpaired) electrons. The van der Waals surface area contributed by atoms with Gasteiger partial charge in [0, 0.05) is 16.7 Å². The zero-order valence-corrected chi connectivity index (χ0v) is 15.1. The van der Waals surface area contributed by atoms with Crippen molar-refractivity contribution in [1.29, 1.82) is 21.2 Å². The highest BCUT2D eigenvalue weighted by molar-refractivity contribution is 7.10. The van der Waals surface area contributed by atoms with Crippen LogP contribution >= 0.6 is 11.3 Å². The van der Waals surface area contributed by atoms with Crippen molar-refractivity contribution in [3.05, 3.63) is 34.0 Å². The number of thiophene rings is 1. The fourth-order valence-corrected chi connectivity index (χ4v) is 5.12. The topological polar surface area (TPSA) is 99.7 Å². The Balaban J connectivity index is 2.21. The summed E-state index contributed by atoms with van der Waals surface area (Å²) in [4.78, 5) is 2.33. The van der Waals surface area contributed by atoms with Crippen LogP contribution in [0.4, 0.5) is 0 Å². The highest BCUT2D eigenvalue weighted by Gasteiger charge is 2.59. The van der Waals surface area contributed by atoms with E-state index < -0.39 is 11.3 Å². The minimum Gasteiger partial charge on any atom is -0.329 e. The standard InChI is InChI=1S/C19H19N5S/c1-12(2)24-6-5-13-14(8-20)18(23)19(10-21,11-22)17(15(13)9-24)16-4-3-7-25-16/h3-5,7,12,14-15,17,23H,6,9H2,1-2H3/p+1/t14?,15-,17+/m0/s1. The van der Waals surface area contributed by atoms with E-state index in [9.17, 15) is 15.8 Å². The van der Waals surface area contributed by atoms with Crippen molar-refractivity contribution in [2.24, 2.45) is 17.3 Å². The minimum absolute atomic E-state index is 0.0612. The van der Waals surface area contributed by atoms with Gasteiger partial charge in [-0.2, -0.15) is 15.8 Å². The van der Waals surface area contributed by atoms with E-state index in [1.54, 1.807) is 0 Å². The number of nitriles is 3. The molecule has 0 bridgehead atoms. The van der Waals surface area contributed by atoms with Crippen LogP contribution in [0.15, 0.2) is 29.2 Å². The fourth-order valence-electron chi connectivity index (χ4n) is 4.16. The van der Waals surface area contributed by atoms with Gasteiger partial charge in [0.05, 0.1) is 43.1 Å². The first kappa shape index (κ1) is 17.4. The molecule has 5 nitrogen and oxygen atoms in total. The molecule has 0 amide bonds. The van der Waals surface area contributed by atoms with Gasteiger partial charge in [-0.1, -0.05) is 6.07 Å². The Morgan fingerprint density at radius 3 is 2.56 bits per heavy atom. The molecule has 2 aliphatic rings. The van der Waals surface area contributed by atoms with Crippen molar-refractivity contribution in [1.82, 2.24) is 0 Å². The lowest BCUT2D eigenvalue weighted by molar-refractivity contribution is -0.920. The number of hydrogen-bond acceptors (Lipinski definition) is 5. The molecule has 0 saturated heterocycles. The summed E-state index contributed by atoms with van der Waals surface area (Å²) in [7, 11) is 0. The van der Waals surface area contributed by atoms with E-state index in [0.717, 1.165) is 23.5 Å². The number of nitrogens with zero attached hydrogens (tertiary/aromatic N) is 3. The summed E-state index contributed by atoms with van der Waals surface area (Å²) in [6, 6.07) is 10.7. The van der Waals surface area contributed by atoms with Crippen LogP contribution in [0.3, 0.4) is 0 Å². The zero-order valence-electron chi connectivity index (χ0n) is 14.3. The van der Waals surface area contributed by atoms with Gasteiger partial charge in [-0.05, 0) is 36.9 Å². The summed E-state index contributed by atoms with van der Waals surface area (Å²) >= 11 is 1.52. The largest absolute Gasteiger partial charge is 0.329 e. The summed E-state index contributed by atoms with van der Waals surface area (Å²) in [6.45, 7) is 5.91. The van der Waals surface area contributed by atoms with E-state index in [-0.39, 0.29) is 17.5 Å². The van der Waals surface area contributed by atoms with Gasteiger partial charge >= 0.3 is 0 Å². The number of hydrogen-bond donors (Lipinski definition) is 2. The molecule has 2 unspecified atom stereocenters. The van der Waals surface area contributed by atoms with Crippen molar-refractivity contribution >= 4 is 17.0 Å². The molecule has 1 saturated carbocycles. The molecule has 6 heteroatoms. The fraction of sp³-hybridized carbons (Fsp3) is 0.474. The molecule has 1 aliphatic carbocycles. The SMILES string of the molecule is CC(C)[NH+]1CC=C2C(C#N)C(=N)C(C#N)(C#N)[C@@H](c3cccs3)[C@H]2C1.